The maximum atomic E-state index is 13.7. The quantitative estimate of drug-likeness (QED) is 0.630. The minimum atomic E-state index is -3.81. The lowest BCUT2D eigenvalue weighted by Crippen LogP contribution is -2.26. The van der Waals surface area contributed by atoms with Crippen LogP contribution in [0.15, 0.2) is 71.6 Å². The van der Waals surface area contributed by atoms with Crippen LogP contribution in [-0.4, -0.2) is 21.4 Å². The maximum Gasteiger partial charge on any atom is 0.264 e. The van der Waals surface area contributed by atoms with Gasteiger partial charge < -0.3 is 5.32 Å². The van der Waals surface area contributed by atoms with E-state index in [0.29, 0.717) is 6.07 Å². The Kier molecular flexibility index (Phi) is 5.86. The number of nitrogens with zero attached hydrogens (tertiary/aromatic N) is 1. The largest absolute Gasteiger partial charge is 0.319 e. The first-order valence-corrected chi connectivity index (χ1v) is 10.1. The molecule has 0 saturated heterocycles. The number of halogens is 3. The van der Waals surface area contributed by atoms with Gasteiger partial charge in [0.15, 0.2) is 0 Å². The molecule has 0 heterocycles. The van der Waals surface area contributed by atoms with Gasteiger partial charge in [-0.3, -0.25) is 9.10 Å². The van der Waals surface area contributed by atoms with Gasteiger partial charge in [0.25, 0.3) is 15.9 Å². The Hall–Kier alpha value is -2.97. The molecule has 0 saturated carbocycles. The van der Waals surface area contributed by atoms with E-state index >= 15 is 0 Å². The van der Waals surface area contributed by atoms with Crippen molar-refractivity contribution >= 4 is 38.9 Å². The molecule has 9 heteroatoms. The minimum Gasteiger partial charge on any atom is -0.319 e. The number of benzene rings is 3. The smallest absolute Gasteiger partial charge is 0.264 e. The van der Waals surface area contributed by atoms with Gasteiger partial charge in [0.1, 0.15) is 11.6 Å². The number of amides is 1. The van der Waals surface area contributed by atoms with Gasteiger partial charge in [-0.25, -0.2) is 17.2 Å². The highest BCUT2D eigenvalue weighted by atomic mass is 35.5. The number of rotatable bonds is 5. The van der Waals surface area contributed by atoms with Gasteiger partial charge in [-0.2, -0.15) is 0 Å². The van der Waals surface area contributed by atoms with E-state index in [1.54, 1.807) is 18.2 Å². The molecule has 0 atom stereocenters. The van der Waals surface area contributed by atoms with E-state index in [1.807, 2.05) is 0 Å². The maximum absolute atomic E-state index is 13.7. The number of carbonyl (C=O) groups is 1. The molecule has 0 radical (unpaired) electrons. The summed E-state index contributed by atoms with van der Waals surface area (Å²) < 4.78 is 53.1. The number of hydrogen-bond acceptors (Lipinski definition) is 3. The van der Waals surface area contributed by atoms with Crippen molar-refractivity contribution in [2.24, 2.45) is 0 Å². The van der Waals surface area contributed by atoms with Crippen LogP contribution in [0, 0.1) is 11.6 Å². The van der Waals surface area contributed by atoms with Crippen LogP contribution in [0.2, 0.25) is 5.02 Å². The van der Waals surface area contributed by atoms with Gasteiger partial charge in [0.2, 0.25) is 0 Å². The second-order valence-corrected chi connectivity index (χ2v) is 8.40. The molecule has 0 spiro atoms. The molecule has 0 aliphatic heterocycles. The molecular weight excluding hydrogens is 422 g/mol. The standard InChI is InChI=1S/C20H15ClF2N2O3S/c1-25(29(27,28)15-5-3-2-4-6-15)14-8-9-16(17(21)12-14)20(26)24-19-10-7-13(22)11-18(19)23/h2-12H,1H3,(H,24,26). The third kappa shape index (κ3) is 4.38. The monoisotopic (exact) mass is 436 g/mol. The van der Waals surface area contributed by atoms with Crippen LogP contribution in [0.3, 0.4) is 0 Å². The predicted molar refractivity (Wildman–Crippen MR) is 108 cm³/mol. The summed E-state index contributed by atoms with van der Waals surface area (Å²) in [6.07, 6.45) is 0. The van der Waals surface area contributed by atoms with Crippen LogP contribution in [0.1, 0.15) is 10.4 Å². The molecule has 0 unspecified atom stereocenters. The Labute approximate surface area is 171 Å². The molecule has 3 rings (SSSR count). The van der Waals surface area contributed by atoms with Gasteiger partial charge in [-0.05, 0) is 42.5 Å². The highest BCUT2D eigenvalue weighted by Crippen LogP contribution is 2.28. The Morgan fingerprint density at radius 1 is 1.00 bits per heavy atom. The fourth-order valence-corrected chi connectivity index (χ4v) is 4.02. The van der Waals surface area contributed by atoms with Gasteiger partial charge in [0.05, 0.1) is 26.9 Å². The average molecular weight is 437 g/mol. The predicted octanol–water partition coefficient (Wildman–Crippen LogP) is 4.70. The van der Waals surface area contributed by atoms with E-state index in [1.165, 1.54) is 37.4 Å². The van der Waals surface area contributed by atoms with Crippen molar-refractivity contribution in [3.63, 3.8) is 0 Å². The first-order valence-electron chi connectivity index (χ1n) is 8.30. The fraction of sp³-hybridized carbons (Fsp3) is 0.0500. The summed E-state index contributed by atoms with van der Waals surface area (Å²) in [5, 5.41) is 2.27. The first kappa shape index (κ1) is 20.8. The van der Waals surface area contributed by atoms with Gasteiger partial charge in [-0.1, -0.05) is 29.8 Å². The number of carbonyl (C=O) groups excluding carboxylic acids is 1. The van der Waals surface area contributed by atoms with Crippen molar-refractivity contribution in [3.8, 4) is 0 Å². The van der Waals surface area contributed by atoms with Crippen molar-refractivity contribution in [3.05, 3.63) is 89.0 Å². The van der Waals surface area contributed by atoms with E-state index in [0.717, 1.165) is 16.4 Å². The SMILES string of the molecule is CN(c1ccc(C(=O)Nc2ccc(F)cc2F)c(Cl)c1)S(=O)(=O)c1ccccc1. The summed E-state index contributed by atoms with van der Waals surface area (Å²) in [4.78, 5) is 12.5. The van der Waals surface area contributed by atoms with Crippen LogP contribution in [-0.2, 0) is 10.0 Å². The lowest BCUT2D eigenvalue weighted by molar-refractivity contribution is 0.102. The van der Waals surface area contributed by atoms with Crippen molar-refractivity contribution in [2.75, 3.05) is 16.7 Å². The molecule has 3 aromatic rings. The van der Waals surface area contributed by atoms with E-state index in [-0.39, 0.29) is 26.9 Å². The highest BCUT2D eigenvalue weighted by Gasteiger charge is 2.22. The lowest BCUT2D eigenvalue weighted by Gasteiger charge is -2.20. The second-order valence-electron chi connectivity index (χ2n) is 6.03. The molecule has 1 amide bonds. The summed E-state index contributed by atoms with van der Waals surface area (Å²) in [5.74, 6) is -2.43. The molecule has 0 aliphatic rings. The number of sulfonamides is 1. The van der Waals surface area contributed by atoms with Crippen molar-refractivity contribution in [2.45, 2.75) is 4.90 Å². The van der Waals surface area contributed by atoms with Crippen molar-refractivity contribution < 1.29 is 22.0 Å². The van der Waals surface area contributed by atoms with Crippen molar-refractivity contribution in [1.82, 2.24) is 0 Å². The number of anilines is 2. The summed E-state index contributed by atoms with van der Waals surface area (Å²) in [7, 11) is -2.45. The Morgan fingerprint density at radius 3 is 2.31 bits per heavy atom. The van der Waals surface area contributed by atoms with E-state index in [9.17, 15) is 22.0 Å². The third-order valence-electron chi connectivity index (χ3n) is 4.14. The topological polar surface area (TPSA) is 66.5 Å². The fourth-order valence-electron chi connectivity index (χ4n) is 2.55. The molecule has 29 heavy (non-hydrogen) atoms. The summed E-state index contributed by atoms with van der Waals surface area (Å²) in [6.45, 7) is 0. The Bertz CT molecular complexity index is 1170. The second kappa shape index (κ2) is 8.18. The molecule has 0 aliphatic carbocycles. The molecular formula is C20H15ClF2N2O3S. The molecule has 0 aromatic heterocycles. The molecule has 3 aromatic carbocycles. The summed E-state index contributed by atoms with van der Waals surface area (Å²) >= 11 is 6.16. The third-order valence-corrected chi connectivity index (χ3v) is 6.25. The first-order chi connectivity index (χ1) is 13.7. The number of hydrogen-bond donors (Lipinski definition) is 1. The average Bonchev–Trinajstić information content (AvgIpc) is 2.70. The van der Waals surface area contributed by atoms with Gasteiger partial charge in [0, 0.05) is 13.1 Å². The molecule has 5 nitrogen and oxygen atoms in total. The van der Waals surface area contributed by atoms with E-state index in [4.69, 9.17) is 11.6 Å². The zero-order valence-corrected chi connectivity index (χ0v) is 16.6. The Balaban J connectivity index is 1.85. The zero-order valence-electron chi connectivity index (χ0n) is 15.1. The van der Waals surface area contributed by atoms with Gasteiger partial charge >= 0.3 is 0 Å². The number of nitrogens with one attached hydrogen (secondary N) is 1. The van der Waals surface area contributed by atoms with Crippen molar-refractivity contribution in [1.29, 1.82) is 0 Å². The van der Waals surface area contributed by atoms with Crippen LogP contribution in [0.25, 0.3) is 0 Å². The molecule has 150 valence electrons. The van der Waals surface area contributed by atoms with Gasteiger partial charge in [-0.15, -0.1) is 0 Å². The molecule has 0 fully saturated rings. The minimum absolute atomic E-state index is 0.00431. The van der Waals surface area contributed by atoms with E-state index < -0.39 is 27.6 Å². The molecule has 0 bridgehead atoms. The van der Waals surface area contributed by atoms with Crippen LogP contribution in [0.4, 0.5) is 20.2 Å². The summed E-state index contributed by atoms with van der Waals surface area (Å²) in [6, 6.07) is 14.6. The zero-order chi connectivity index (χ0) is 21.2. The molecule has 1 N–H and O–H groups in total. The Morgan fingerprint density at radius 2 is 1.69 bits per heavy atom. The van der Waals surface area contributed by atoms with Crippen LogP contribution >= 0.6 is 11.6 Å². The van der Waals surface area contributed by atoms with Crippen LogP contribution < -0.4 is 9.62 Å². The normalized spacial score (nSPS) is 11.2. The highest BCUT2D eigenvalue weighted by molar-refractivity contribution is 7.92. The summed E-state index contributed by atoms with van der Waals surface area (Å²) in [5.41, 5.74) is 0.0355. The van der Waals surface area contributed by atoms with Crippen LogP contribution in [0.5, 0.6) is 0 Å². The lowest BCUT2D eigenvalue weighted by atomic mass is 10.2. The van der Waals surface area contributed by atoms with E-state index in [2.05, 4.69) is 5.32 Å².